The van der Waals surface area contributed by atoms with Crippen LogP contribution in [0.4, 0.5) is 4.79 Å². The molecule has 0 aromatic heterocycles. The van der Waals surface area contributed by atoms with E-state index in [2.05, 4.69) is 17.4 Å². The van der Waals surface area contributed by atoms with Crippen molar-refractivity contribution in [1.29, 1.82) is 0 Å². The molecule has 0 bridgehead atoms. The van der Waals surface area contributed by atoms with Gasteiger partial charge in [-0.15, -0.1) is 0 Å². The number of rotatable bonds is 8. The molecule has 2 amide bonds. The van der Waals surface area contributed by atoms with E-state index in [9.17, 15) is 19.5 Å². The van der Waals surface area contributed by atoms with Crippen molar-refractivity contribution in [2.75, 3.05) is 20.2 Å². The van der Waals surface area contributed by atoms with E-state index in [0.29, 0.717) is 6.42 Å². The van der Waals surface area contributed by atoms with E-state index < -0.39 is 23.5 Å². The van der Waals surface area contributed by atoms with E-state index in [1.807, 2.05) is 43.3 Å². The highest BCUT2D eigenvalue weighted by atomic mass is 16.5. The van der Waals surface area contributed by atoms with Crippen molar-refractivity contribution in [3.63, 3.8) is 0 Å². The van der Waals surface area contributed by atoms with Crippen LogP contribution in [0.3, 0.4) is 0 Å². The quantitative estimate of drug-likeness (QED) is 0.652. The molecule has 32 heavy (non-hydrogen) atoms. The summed E-state index contributed by atoms with van der Waals surface area (Å²) < 4.78 is 5.54. The largest absolute Gasteiger partial charge is 0.480 e. The third-order valence-corrected chi connectivity index (χ3v) is 6.52. The summed E-state index contributed by atoms with van der Waals surface area (Å²) in [5.41, 5.74) is 3.61. The van der Waals surface area contributed by atoms with Gasteiger partial charge in [-0.25, -0.2) is 9.59 Å². The molecule has 0 saturated heterocycles. The number of alkyl carbamates (subject to hydrolysis) is 1. The number of carbonyl (C=O) groups excluding carboxylic acids is 2. The first-order valence-corrected chi connectivity index (χ1v) is 10.8. The van der Waals surface area contributed by atoms with Crippen LogP contribution in [-0.2, 0) is 14.3 Å². The van der Waals surface area contributed by atoms with Gasteiger partial charge in [0.05, 0.1) is 5.41 Å². The Balaban J connectivity index is 1.63. The average Bonchev–Trinajstić information content (AvgIpc) is 3.13. The molecule has 2 unspecified atom stereocenters. The lowest BCUT2D eigenvalue weighted by Gasteiger charge is -2.33. The fourth-order valence-corrected chi connectivity index (χ4v) is 4.04. The van der Waals surface area contributed by atoms with Gasteiger partial charge in [-0.3, -0.25) is 4.79 Å². The molecule has 2 N–H and O–H groups in total. The van der Waals surface area contributed by atoms with Gasteiger partial charge in [0.1, 0.15) is 12.6 Å². The Kier molecular flexibility index (Phi) is 6.87. The van der Waals surface area contributed by atoms with Crippen LogP contribution in [0.1, 0.15) is 44.2 Å². The minimum absolute atomic E-state index is 0.0464. The number of aliphatic carboxylic acids is 1. The number of likely N-dealkylation sites (N-methyl/N-ethyl adjacent to an activating group) is 1. The lowest BCUT2D eigenvalue weighted by atomic mass is 9.85. The summed E-state index contributed by atoms with van der Waals surface area (Å²) in [6, 6.07) is 15.2. The summed E-state index contributed by atoms with van der Waals surface area (Å²) in [6.45, 7) is 5.23. The first-order chi connectivity index (χ1) is 15.2. The Bertz CT molecular complexity index is 975. The Morgan fingerprint density at radius 2 is 1.62 bits per heavy atom. The van der Waals surface area contributed by atoms with Gasteiger partial charge in [-0.05, 0) is 42.5 Å². The zero-order valence-corrected chi connectivity index (χ0v) is 18.9. The Hall–Kier alpha value is -3.35. The van der Waals surface area contributed by atoms with E-state index in [4.69, 9.17) is 4.74 Å². The van der Waals surface area contributed by atoms with E-state index >= 15 is 0 Å². The van der Waals surface area contributed by atoms with Crippen LogP contribution >= 0.6 is 0 Å². The number of ether oxygens (including phenoxy) is 1. The maximum Gasteiger partial charge on any atom is 0.407 e. The van der Waals surface area contributed by atoms with Gasteiger partial charge in [-0.2, -0.15) is 0 Å². The van der Waals surface area contributed by atoms with Crippen LogP contribution in [0.5, 0.6) is 0 Å². The number of benzene rings is 2. The molecule has 1 aliphatic rings. The summed E-state index contributed by atoms with van der Waals surface area (Å²) >= 11 is 0. The summed E-state index contributed by atoms with van der Waals surface area (Å²) in [7, 11) is 1.46. The Morgan fingerprint density at radius 3 is 2.12 bits per heavy atom. The van der Waals surface area contributed by atoms with Crippen LogP contribution < -0.4 is 5.32 Å². The molecule has 7 nitrogen and oxygen atoms in total. The molecule has 0 spiro atoms. The number of hydrogen-bond acceptors (Lipinski definition) is 4. The van der Waals surface area contributed by atoms with Gasteiger partial charge >= 0.3 is 12.1 Å². The number of carboxylic acid groups (broad SMARTS) is 1. The third kappa shape index (κ3) is 4.47. The van der Waals surface area contributed by atoms with Gasteiger partial charge in [0, 0.05) is 19.5 Å². The molecule has 1 aliphatic carbocycles. The van der Waals surface area contributed by atoms with Crippen molar-refractivity contribution < 1.29 is 24.2 Å². The molecule has 0 fully saturated rings. The van der Waals surface area contributed by atoms with Gasteiger partial charge in [0.25, 0.3) is 0 Å². The second kappa shape index (κ2) is 9.42. The molecule has 2 aromatic carbocycles. The zero-order chi connectivity index (χ0) is 23.5. The van der Waals surface area contributed by atoms with Crippen molar-refractivity contribution in [2.24, 2.45) is 5.41 Å². The molecule has 3 rings (SSSR count). The van der Waals surface area contributed by atoms with Crippen LogP contribution in [0.2, 0.25) is 0 Å². The van der Waals surface area contributed by atoms with Gasteiger partial charge in [-0.1, -0.05) is 55.5 Å². The molecule has 0 saturated carbocycles. The zero-order valence-electron chi connectivity index (χ0n) is 18.9. The minimum atomic E-state index is -1.08. The number of amides is 2. The van der Waals surface area contributed by atoms with Crippen molar-refractivity contribution in [3.8, 4) is 11.1 Å². The average molecular weight is 439 g/mol. The Morgan fingerprint density at radius 1 is 1.09 bits per heavy atom. The lowest BCUT2D eigenvalue weighted by Crippen LogP contribution is -2.51. The monoisotopic (exact) mass is 438 g/mol. The number of fused-ring (bicyclic) bond motifs is 3. The topological polar surface area (TPSA) is 95.9 Å². The molecule has 170 valence electrons. The highest BCUT2D eigenvalue weighted by molar-refractivity contribution is 5.87. The predicted octanol–water partition coefficient (Wildman–Crippen LogP) is 3.87. The van der Waals surface area contributed by atoms with Crippen LogP contribution in [-0.4, -0.2) is 54.2 Å². The van der Waals surface area contributed by atoms with Crippen molar-refractivity contribution in [2.45, 2.75) is 39.2 Å². The first-order valence-electron chi connectivity index (χ1n) is 10.8. The molecule has 2 aromatic rings. The fraction of sp³-hybridized carbons (Fsp3) is 0.400. The predicted molar refractivity (Wildman–Crippen MR) is 121 cm³/mol. The standard InChI is InChI=1S/C25H30N2O5/c1-5-25(3,23(30)27(4)16(2)22(28)29)15-26-24(31)32-14-21-19-12-8-6-10-17(19)18-11-7-9-13-20(18)21/h6-13,16,21H,5,14-15H2,1-4H3,(H,26,31)(H,28,29). The van der Waals surface area contributed by atoms with Crippen molar-refractivity contribution in [3.05, 3.63) is 59.7 Å². The smallest absolute Gasteiger partial charge is 0.407 e. The molecule has 2 atom stereocenters. The molecular formula is C25H30N2O5. The molecule has 7 heteroatoms. The van der Waals surface area contributed by atoms with Gasteiger partial charge in [0.2, 0.25) is 5.91 Å². The van der Waals surface area contributed by atoms with E-state index in [1.54, 1.807) is 6.92 Å². The first kappa shape index (κ1) is 23.3. The minimum Gasteiger partial charge on any atom is -0.480 e. The van der Waals surface area contributed by atoms with Gasteiger partial charge < -0.3 is 20.1 Å². The summed E-state index contributed by atoms with van der Waals surface area (Å²) in [5, 5.41) is 11.9. The van der Waals surface area contributed by atoms with E-state index in [0.717, 1.165) is 22.3 Å². The number of nitrogens with one attached hydrogen (secondary N) is 1. The maximum absolute atomic E-state index is 12.9. The normalized spacial score (nSPS) is 15.1. The maximum atomic E-state index is 12.9. The summed E-state index contributed by atoms with van der Waals surface area (Å²) in [6.07, 6.45) is -0.167. The van der Waals surface area contributed by atoms with Gasteiger partial charge in [0.15, 0.2) is 0 Å². The summed E-state index contributed by atoms with van der Waals surface area (Å²) in [5.74, 6) is -1.47. The van der Waals surface area contributed by atoms with Crippen molar-refractivity contribution in [1.82, 2.24) is 10.2 Å². The third-order valence-electron chi connectivity index (χ3n) is 6.52. The SMILES string of the molecule is CCC(C)(CNC(=O)OCC1c2ccccc2-c2ccccc21)C(=O)N(C)C(C)C(=O)O. The summed E-state index contributed by atoms with van der Waals surface area (Å²) in [4.78, 5) is 37.8. The fourth-order valence-electron chi connectivity index (χ4n) is 4.04. The number of carboxylic acids is 1. The highest BCUT2D eigenvalue weighted by Crippen LogP contribution is 2.44. The molecule has 0 radical (unpaired) electrons. The number of hydrogen-bond donors (Lipinski definition) is 2. The second-order valence-electron chi connectivity index (χ2n) is 8.52. The molecular weight excluding hydrogens is 408 g/mol. The molecule has 0 heterocycles. The second-order valence-corrected chi connectivity index (χ2v) is 8.52. The number of carbonyl (C=O) groups is 3. The van der Waals surface area contributed by atoms with Crippen LogP contribution in [0.15, 0.2) is 48.5 Å². The Labute approximate surface area is 188 Å². The van der Waals surface area contributed by atoms with Crippen LogP contribution in [0, 0.1) is 5.41 Å². The van der Waals surface area contributed by atoms with Crippen molar-refractivity contribution >= 4 is 18.0 Å². The highest BCUT2D eigenvalue weighted by Gasteiger charge is 2.37. The van der Waals surface area contributed by atoms with Crippen LogP contribution in [0.25, 0.3) is 11.1 Å². The lowest BCUT2D eigenvalue weighted by molar-refractivity contribution is -0.152. The number of nitrogens with zero attached hydrogens (tertiary/aromatic N) is 1. The van der Waals surface area contributed by atoms with E-state index in [1.165, 1.54) is 18.9 Å². The van der Waals surface area contributed by atoms with E-state index in [-0.39, 0.29) is 25.0 Å². The molecule has 0 aliphatic heterocycles.